The average Bonchev–Trinajstić information content (AvgIpc) is 2.59. The third kappa shape index (κ3) is 4.19. The minimum absolute atomic E-state index is 0.0235. The zero-order chi connectivity index (χ0) is 16.9. The van der Waals surface area contributed by atoms with Crippen molar-refractivity contribution in [2.45, 2.75) is 13.0 Å². The van der Waals surface area contributed by atoms with E-state index in [4.69, 9.17) is 4.74 Å². The maximum absolute atomic E-state index is 13.5. The van der Waals surface area contributed by atoms with Crippen molar-refractivity contribution in [3.8, 4) is 0 Å². The highest BCUT2D eigenvalue weighted by molar-refractivity contribution is 5.92. The molecule has 5 heteroatoms. The van der Waals surface area contributed by atoms with E-state index >= 15 is 0 Å². The number of ether oxygens (including phenoxy) is 1. The number of halogens is 1. The number of anilines is 1. The molecule has 0 aromatic heterocycles. The second-order valence-corrected chi connectivity index (χ2v) is 6.02. The molecule has 1 heterocycles. The van der Waals surface area contributed by atoms with Gasteiger partial charge in [-0.15, -0.1) is 0 Å². The summed E-state index contributed by atoms with van der Waals surface area (Å²) in [6, 6.07) is 14.7. The molecule has 1 saturated heterocycles. The molecule has 2 aromatic rings. The number of nitrogens with zero attached hydrogens (tertiary/aromatic N) is 1. The molecule has 0 spiro atoms. The van der Waals surface area contributed by atoms with Crippen molar-refractivity contribution in [2.24, 2.45) is 0 Å². The van der Waals surface area contributed by atoms with Gasteiger partial charge in [-0.2, -0.15) is 0 Å². The van der Waals surface area contributed by atoms with Gasteiger partial charge in [0.2, 0.25) is 5.91 Å². The molecule has 0 aliphatic carbocycles. The summed E-state index contributed by atoms with van der Waals surface area (Å²) in [4.78, 5) is 14.3. The lowest BCUT2D eigenvalue weighted by molar-refractivity contribution is -0.119. The lowest BCUT2D eigenvalue weighted by Gasteiger charge is -2.32. The second kappa shape index (κ2) is 7.55. The van der Waals surface area contributed by atoms with E-state index in [1.807, 2.05) is 30.3 Å². The molecule has 2 aromatic carbocycles. The topological polar surface area (TPSA) is 41.6 Å². The Morgan fingerprint density at radius 1 is 1.29 bits per heavy atom. The molecule has 1 unspecified atom stereocenters. The van der Waals surface area contributed by atoms with E-state index in [1.165, 1.54) is 6.07 Å². The number of benzene rings is 2. The standard InChI is InChI=1S/C19H21FN2O2/c1-14-7-8-16(11-17(14)20)21-19(23)13-22-9-10-24-18(12-22)15-5-3-2-4-6-15/h2-8,11,18H,9-10,12-13H2,1H3,(H,21,23). The number of carbonyl (C=O) groups excluding carboxylic acids is 1. The minimum Gasteiger partial charge on any atom is -0.371 e. The lowest BCUT2D eigenvalue weighted by atomic mass is 10.1. The Balaban J connectivity index is 1.57. The van der Waals surface area contributed by atoms with Crippen LogP contribution in [0.25, 0.3) is 0 Å². The quantitative estimate of drug-likeness (QED) is 0.937. The zero-order valence-corrected chi connectivity index (χ0v) is 13.7. The molecule has 1 atom stereocenters. The predicted molar refractivity (Wildman–Crippen MR) is 91.3 cm³/mol. The molecule has 1 aliphatic heterocycles. The number of hydrogen-bond donors (Lipinski definition) is 1. The maximum atomic E-state index is 13.5. The van der Waals surface area contributed by atoms with Crippen molar-refractivity contribution >= 4 is 11.6 Å². The van der Waals surface area contributed by atoms with Crippen molar-refractivity contribution < 1.29 is 13.9 Å². The molecule has 1 aliphatic rings. The van der Waals surface area contributed by atoms with E-state index < -0.39 is 0 Å². The van der Waals surface area contributed by atoms with Crippen LogP contribution in [0.1, 0.15) is 17.2 Å². The maximum Gasteiger partial charge on any atom is 0.238 e. The lowest BCUT2D eigenvalue weighted by Crippen LogP contribution is -2.42. The summed E-state index contributed by atoms with van der Waals surface area (Å²) in [6.45, 7) is 3.92. The largest absolute Gasteiger partial charge is 0.371 e. The molecule has 1 amide bonds. The first-order valence-corrected chi connectivity index (χ1v) is 8.07. The van der Waals surface area contributed by atoms with Gasteiger partial charge in [0.1, 0.15) is 5.82 Å². The summed E-state index contributed by atoms with van der Waals surface area (Å²) >= 11 is 0. The summed E-state index contributed by atoms with van der Waals surface area (Å²) in [7, 11) is 0. The van der Waals surface area contributed by atoms with Crippen LogP contribution < -0.4 is 5.32 Å². The van der Waals surface area contributed by atoms with E-state index in [9.17, 15) is 9.18 Å². The molecule has 0 bridgehead atoms. The van der Waals surface area contributed by atoms with E-state index in [1.54, 1.807) is 19.1 Å². The Kier molecular flexibility index (Phi) is 5.23. The van der Waals surface area contributed by atoms with Crippen LogP contribution in [0.3, 0.4) is 0 Å². The molecular weight excluding hydrogens is 307 g/mol. The first kappa shape index (κ1) is 16.6. The number of carbonyl (C=O) groups is 1. The average molecular weight is 328 g/mol. The second-order valence-electron chi connectivity index (χ2n) is 6.02. The highest BCUT2D eigenvalue weighted by Crippen LogP contribution is 2.22. The third-order valence-electron chi connectivity index (χ3n) is 4.14. The number of aryl methyl sites for hydroxylation is 1. The van der Waals surface area contributed by atoms with Crippen molar-refractivity contribution in [1.82, 2.24) is 4.90 Å². The first-order chi connectivity index (χ1) is 11.6. The predicted octanol–water partition coefficient (Wildman–Crippen LogP) is 3.15. The van der Waals surface area contributed by atoms with Crippen LogP contribution in [0, 0.1) is 12.7 Å². The molecule has 126 valence electrons. The van der Waals surface area contributed by atoms with Crippen molar-refractivity contribution in [1.29, 1.82) is 0 Å². The summed E-state index contributed by atoms with van der Waals surface area (Å²) in [6.07, 6.45) is -0.0235. The Morgan fingerprint density at radius 3 is 2.83 bits per heavy atom. The molecule has 24 heavy (non-hydrogen) atoms. The number of hydrogen-bond acceptors (Lipinski definition) is 3. The highest BCUT2D eigenvalue weighted by atomic mass is 19.1. The van der Waals surface area contributed by atoms with Gasteiger partial charge in [0, 0.05) is 18.8 Å². The number of morpholine rings is 1. The fourth-order valence-electron chi connectivity index (χ4n) is 2.79. The minimum atomic E-state index is -0.316. The van der Waals surface area contributed by atoms with Gasteiger partial charge in [0.05, 0.1) is 19.3 Å². The fourth-order valence-corrected chi connectivity index (χ4v) is 2.79. The van der Waals surface area contributed by atoms with Crippen LogP contribution in [-0.4, -0.2) is 37.0 Å². The van der Waals surface area contributed by atoms with Crippen LogP contribution in [0.2, 0.25) is 0 Å². The normalized spacial score (nSPS) is 18.3. The summed E-state index contributed by atoms with van der Waals surface area (Å²) in [5.74, 6) is -0.463. The van der Waals surface area contributed by atoms with E-state index in [0.717, 1.165) is 5.56 Å². The summed E-state index contributed by atoms with van der Waals surface area (Å²) in [5.41, 5.74) is 2.16. The van der Waals surface area contributed by atoms with Gasteiger partial charge in [0.25, 0.3) is 0 Å². The van der Waals surface area contributed by atoms with Crippen molar-refractivity contribution in [3.05, 3.63) is 65.5 Å². The number of rotatable bonds is 4. The van der Waals surface area contributed by atoms with Crippen LogP contribution >= 0.6 is 0 Å². The monoisotopic (exact) mass is 328 g/mol. The molecule has 0 saturated carbocycles. The van der Waals surface area contributed by atoms with Gasteiger partial charge in [-0.1, -0.05) is 36.4 Å². The van der Waals surface area contributed by atoms with Gasteiger partial charge in [-0.3, -0.25) is 9.69 Å². The van der Waals surface area contributed by atoms with Crippen molar-refractivity contribution in [3.63, 3.8) is 0 Å². The fraction of sp³-hybridized carbons (Fsp3) is 0.316. The SMILES string of the molecule is Cc1ccc(NC(=O)CN2CCOC(c3ccccc3)C2)cc1F. The van der Waals surface area contributed by atoms with Gasteiger partial charge in [0.15, 0.2) is 0 Å². The van der Waals surface area contributed by atoms with Gasteiger partial charge in [-0.05, 0) is 30.2 Å². The first-order valence-electron chi connectivity index (χ1n) is 8.07. The zero-order valence-electron chi connectivity index (χ0n) is 13.7. The van der Waals surface area contributed by atoms with E-state index in [-0.39, 0.29) is 24.4 Å². The van der Waals surface area contributed by atoms with Crippen LogP contribution in [0.15, 0.2) is 48.5 Å². The third-order valence-corrected chi connectivity index (χ3v) is 4.14. The van der Waals surface area contributed by atoms with E-state index in [2.05, 4.69) is 10.2 Å². The summed E-state index contributed by atoms with van der Waals surface area (Å²) in [5, 5.41) is 2.75. The smallest absolute Gasteiger partial charge is 0.238 e. The Morgan fingerprint density at radius 2 is 2.08 bits per heavy atom. The highest BCUT2D eigenvalue weighted by Gasteiger charge is 2.23. The van der Waals surface area contributed by atoms with Gasteiger partial charge in [-0.25, -0.2) is 4.39 Å². The van der Waals surface area contributed by atoms with Crippen LogP contribution in [0.5, 0.6) is 0 Å². The number of nitrogens with one attached hydrogen (secondary N) is 1. The van der Waals surface area contributed by atoms with Crippen LogP contribution in [-0.2, 0) is 9.53 Å². The van der Waals surface area contributed by atoms with Gasteiger partial charge < -0.3 is 10.1 Å². The Bertz CT molecular complexity index is 706. The van der Waals surface area contributed by atoms with E-state index in [0.29, 0.717) is 30.9 Å². The molecule has 4 nitrogen and oxygen atoms in total. The molecular formula is C19H21FN2O2. The molecule has 0 radical (unpaired) electrons. The molecule has 1 N–H and O–H groups in total. The van der Waals surface area contributed by atoms with Crippen molar-refractivity contribution in [2.75, 3.05) is 31.6 Å². The molecule has 1 fully saturated rings. The number of amides is 1. The molecule has 3 rings (SSSR count). The van der Waals surface area contributed by atoms with Crippen LogP contribution in [0.4, 0.5) is 10.1 Å². The Labute approximate surface area is 141 Å². The van der Waals surface area contributed by atoms with Gasteiger partial charge >= 0.3 is 0 Å². The summed E-state index contributed by atoms with van der Waals surface area (Å²) < 4.78 is 19.3. The Hall–Kier alpha value is -2.24.